The molecule has 0 amide bonds. The molecule has 2 aromatic carbocycles. The van der Waals surface area contributed by atoms with E-state index >= 15 is 0 Å². The Morgan fingerprint density at radius 3 is 2.34 bits per heavy atom. The fraction of sp³-hybridized carbons (Fsp3) is 0.412. The maximum atomic E-state index is 13.8. The highest BCUT2D eigenvalue weighted by molar-refractivity contribution is 7.90. The van der Waals surface area contributed by atoms with Crippen molar-refractivity contribution >= 4 is 38.6 Å². The summed E-state index contributed by atoms with van der Waals surface area (Å²) in [5.41, 5.74) is 2.75. The number of thiophene rings is 1. The van der Waals surface area contributed by atoms with Gasteiger partial charge in [-0.3, -0.25) is 4.79 Å². The Balaban J connectivity index is 1.37. The van der Waals surface area contributed by atoms with E-state index in [0.29, 0.717) is 16.4 Å². The maximum absolute atomic E-state index is 13.8. The Morgan fingerprint density at radius 2 is 1.66 bits per heavy atom. The summed E-state index contributed by atoms with van der Waals surface area (Å²) in [7, 11) is -3.33. The van der Waals surface area contributed by atoms with Gasteiger partial charge in [-0.15, -0.1) is 11.3 Å². The monoisotopic (exact) mass is 652 g/mol. The molecule has 0 saturated carbocycles. The molecule has 0 radical (unpaired) electrons. The highest BCUT2D eigenvalue weighted by Crippen LogP contribution is 2.38. The van der Waals surface area contributed by atoms with E-state index in [2.05, 4.69) is 23.6 Å². The van der Waals surface area contributed by atoms with E-state index in [1.807, 2.05) is 48.5 Å². The number of benzene rings is 2. The van der Waals surface area contributed by atoms with Crippen LogP contribution >= 0.6 is 22.9 Å². The molecule has 1 saturated heterocycles. The van der Waals surface area contributed by atoms with Gasteiger partial charge in [0.15, 0.2) is 15.6 Å². The topological polar surface area (TPSA) is 75.5 Å². The smallest absolute Gasteiger partial charge is 0.186 e. The second kappa shape index (κ2) is 14.5. The Kier molecular flexibility index (Phi) is 10.7. The Morgan fingerprint density at radius 1 is 0.955 bits per heavy atom. The molecule has 0 bridgehead atoms. The number of nitrogens with zero attached hydrogens (tertiary/aromatic N) is 4. The number of carbonyl (C=O) groups is 1. The average Bonchev–Trinajstić information content (AvgIpc) is 3.68. The molecule has 0 aliphatic carbocycles. The molecule has 234 valence electrons. The van der Waals surface area contributed by atoms with Crippen molar-refractivity contribution in [1.29, 1.82) is 0 Å². The fourth-order valence-electron chi connectivity index (χ4n) is 5.87. The van der Waals surface area contributed by atoms with E-state index in [0.717, 1.165) is 73.1 Å². The lowest BCUT2D eigenvalue weighted by Crippen LogP contribution is -2.41. The third-order valence-electron chi connectivity index (χ3n) is 8.22. The number of hydrogen-bond donors (Lipinski definition) is 0. The molecule has 1 aliphatic heterocycles. The predicted molar refractivity (Wildman–Crippen MR) is 181 cm³/mol. The molecule has 4 aromatic rings. The van der Waals surface area contributed by atoms with Crippen molar-refractivity contribution in [2.24, 2.45) is 5.92 Å². The summed E-state index contributed by atoms with van der Waals surface area (Å²) in [6.45, 7) is 10.7. The number of piperidine rings is 1. The largest absolute Gasteiger partial charge is 0.302 e. The summed E-state index contributed by atoms with van der Waals surface area (Å²) in [6.07, 6.45) is 5.21. The minimum Gasteiger partial charge on any atom is -0.302 e. The van der Waals surface area contributed by atoms with Crippen molar-refractivity contribution in [1.82, 2.24) is 19.6 Å². The maximum Gasteiger partial charge on any atom is 0.186 e. The van der Waals surface area contributed by atoms with Gasteiger partial charge in [-0.2, -0.15) is 5.10 Å². The molecule has 0 unspecified atom stereocenters. The van der Waals surface area contributed by atoms with Gasteiger partial charge < -0.3 is 9.80 Å². The van der Waals surface area contributed by atoms with Gasteiger partial charge in [-0.1, -0.05) is 49.7 Å². The molecule has 0 spiro atoms. The van der Waals surface area contributed by atoms with Crippen LogP contribution in [0.1, 0.15) is 50.0 Å². The molecular weight excluding hydrogens is 612 g/mol. The van der Waals surface area contributed by atoms with Crippen LogP contribution in [0.4, 0.5) is 0 Å². The van der Waals surface area contributed by atoms with Gasteiger partial charge in [-0.05, 0) is 99.9 Å². The van der Waals surface area contributed by atoms with Gasteiger partial charge in [0.05, 0.1) is 26.2 Å². The van der Waals surface area contributed by atoms with E-state index < -0.39 is 9.84 Å². The number of rotatable bonds is 13. The van der Waals surface area contributed by atoms with Crippen LogP contribution in [0.25, 0.3) is 26.7 Å². The number of halogens is 1. The zero-order valence-corrected chi connectivity index (χ0v) is 28.1. The zero-order chi connectivity index (χ0) is 31.3. The SMILES string of the molecule is CCCN(CCC)CCN1CCC(C(=O)c2cc(-c3ccc(-c4cccc(S(C)(=O)=O)c4)s3)n(-c3ccccc3Cl)n2)CC1. The van der Waals surface area contributed by atoms with Crippen molar-refractivity contribution in [3.63, 3.8) is 0 Å². The van der Waals surface area contributed by atoms with Gasteiger partial charge in [0.1, 0.15) is 5.69 Å². The lowest BCUT2D eigenvalue weighted by atomic mass is 9.91. The molecule has 44 heavy (non-hydrogen) atoms. The number of sulfone groups is 1. The van der Waals surface area contributed by atoms with Crippen LogP contribution in [0, 0.1) is 5.92 Å². The number of Topliss-reactive ketones (excluding diaryl/α,β-unsaturated/α-hetero) is 1. The van der Waals surface area contributed by atoms with Crippen molar-refractivity contribution in [3.8, 4) is 26.7 Å². The number of carbonyl (C=O) groups excluding carboxylic acids is 1. The minimum absolute atomic E-state index is 0.0614. The first-order valence-corrected chi connectivity index (χ1v) is 18.5. The number of para-hydroxylation sites is 1. The van der Waals surface area contributed by atoms with Gasteiger partial charge in [0.25, 0.3) is 0 Å². The lowest BCUT2D eigenvalue weighted by molar-refractivity contribution is 0.0823. The van der Waals surface area contributed by atoms with Crippen molar-refractivity contribution in [2.75, 3.05) is 45.5 Å². The van der Waals surface area contributed by atoms with Crippen LogP contribution in [-0.2, 0) is 9.84 Å². The molecule has 7 nitrogen and oxygen atoms in total. The second-order valence-corrected chi connectivity index (χ2v) is 15.1. The Bertz CT molecular complexity index is 1680. The Hall–Kier alpha value is -2.82. The summed E-state index contributed by atoms with van der Waals surface area (Å²) in [6, 6.07) is 20.3. The van der Waals surface area contributed by atoms with Crippen molar-refractivity contribution in [2.45, 2.75) is 44.4 Å². The average molecular weight is 653 g/mol. The van der Waals surface area contributed by atoms with Gasteiger partial charge in [-0.25, -0.2) is 13.1 Å². The second-order valence-electron chi connectivity index (χ2n) is 11.6. The summed E-state index contributed by atoms with van der Waals surface area (Å²) >= 11 is 8.14. The number of likely N-dealkylation sites (tertiary alicyclic amines) is 1. The summed E-state index contributed by atoms with van der Waals surface area (Å²) in [4.78, 5) is 21.0. The van der Waals surface area contributed by atoms with Gasteiger partial charge in [0, 0.05) is 30.1 Å². The molecule has 2 aromatic heterocycles. The van der Waals surface area contributed by atoms with Crippen LogP contribution in [0.15, 0.2) is 71.6 Å². The molecule has 0 atom stereocenters. The van der Waals surface area contributed by atoms with E-state index in [1.54, 1.807) is 22.9 Å². The molecule has 1 fully saturated rings. The molecule has 1 aliphatic rings. The van der Waals surface area contributed by atoms with Gasteiger partial charge >= 0.3 is 0 Å². The highest BCUT2D eigenvalue weighted by atomic mass is 35.5. The Labute approximate surface area is 270 Å². The van der Waals surface area contributed by atoms with Crippen LogP contribution in [0.2, 0.25) is 5.02 Å². The first-order valence-electron chi connectivity index (χ1n) is 15.4. The van der Waals surface area contributed by atoms with E-state index in [9.17, 15) is 13.2 Å². The van der Waals surface area contributed by atoms with Crippen molar-refractivity contribution < 1.29 is 13.2 Å². The highest BCUT2D eigenvalue weighted by Gasteiger charge is 2.29. The standard InChI is InChI=1S/C34H41ClN4O3S2/c1-4-17-37(18-5-2)21-22-38-19-15-25(16-20-38)34(40)29-24-31(39(36-29)30-12-7-6-11-28(30)35)33-14-13-32(43-33)26-9-8-10-27(23-26)44(3,41)42/h6-14,23-25H,4-5,15-22H2,1-3H3. The number of hydrogen-bond acceptors (Lipinski definition) is 7. The third-order valence-corrected chi connectivity index (χ3v) is 10.8. The molecule has 3 heterocycles. The molecule has 10 heteroatoms. The van der Waals surface area contributed by atoms with Crippen LogP contribution in [-0.4, -0.2) is 79.3 Å². The lowest BCUT2D eigenvalue weighted by Gasteiger charge is -2.32. The normalized spacial score (nSPS) is 14.8. The summed E-state index contributed by atoms with van der Waals surface area (Å²) in [5.74, 6) is 0.0154. The first kappa shape index (κ1) is 32.6. The minimum atomic E-state index is -3.33. The van der Waals surface area contributed by atoms with Gasteiger partial charge in [0.2, 0.25) is 0 Å². The first-order chi connectivity index (χ1) is 21.2. The molecule has 5 rings (SSSR count). The van der Waals surface area contributed by atoms with Crippen LogP contribution in [0.5, 0.6) is 0 Å². The number of aromatic nitrogens is 2. The molecular formula is C34H41ClN4O3S2. The third kappa shape index (κ3) is 7.69. The fourth-order valence-corrected chi connectivity index (χ4v) is 7.76. The zero-order valence-electron chi connectivity index (χ0n) is 25.7. The summed E-state index contributed by atoms with van der Waals surface area (Å²) < 4.78 is 26.1. The summed E-state index contributed by atoms with van der Waals surface area (Å²) in [5, 5.41) is 5.37. The van der Waals surface area contributed by atoms with E-state index in [4.69, 9.17) is 16.7 Å². The number of ketones is 1. The predicted octanol–water partition coefficient (Wildman–Crippen LogP) is 7.34. The van der Waals surface area contributed by atoms with E-state index in [-0.39, 0.29) is 16.6 Å². The van der Waals surface area contributed by atoms with Crippen LogP contribution < -0.4 is 0 Å². The van der Waals surface area contributed by atoms with Crippen LogP contribution in [0.3, 0.4) is 0 Å². The van der Waals surface area contributed by atoms with Crippen molar-refractivity contribution in [3.05, 3.63) is 77.4 Å². The van der Waals surface area contributed by atoms with E-state index in [1.165, 1.54) is 30.4 Å². The molecule has 0 N–H and O–H groups in total. The quantitative estimate of drug-likeness (QED) is 0.141.